The zero-order valence-corrected chi connectivity index (χ0v) is 12.9. The van der Waals surface area contributed by atoms with Gasteiger partial charge in [0.1, 0.15) is 5.75 Å². The maximum absolute atomic E-state index is 12.7. The first kappa shape index (κ1) is 15.5. The Labute approximate surface area is 128 Å². The van der Waals surface area contributed by atoms with Crippen molar-refractivity contribution in [2.75, 3.05) is 23.9 Å². The molecule has 22 heavy (non-hydrogen) atoms. The van der Waals surface area contributed by atoms with Gasteiger partial charge in [0, 0.05) is 19.6 Å². The number of halogens is 2. The van der Waals surface area contributed by atoms with Gasteiger partial charge in [-0.15, -0.1) is 0 Å². The van der Waals surface area contributed by atoms with E-state index in [1.165, 1.54) is 20.7 Å². The summed E-state index contributed by atoms with van der Waals surface area (Å²) in [5.41, 5.74) is 1.30. The molecule has 3 rings (SSSR count). The minimum Gasteiger partial charge on any atom is -0.435 e. The van der Waals surface area contributed by atoms with Crippen LogP contribution in [-0.4, -0.2) is 39.0 Å². The molecule has 1 aromatic rings. The molecule has 8 heteroatoms. The smallest absolute Gasteiger partial charge is 0.387 e. The molecule has 0 amide bonds. The Balaban J connectivity index is 1.91. The number of aryl methyl sites for hydroxylation is 1. The third-order valence-corrected chi connectivity index (χ3v) is 5.98. The largest absolute Gasteiger partial charge is 0.435 e. The minimum absolute atomic E-state index is 0.0640. The van der Waals surface area contributed by atoms with E-state index in [1.54, 1.807) is 6.07 Å². The van der Waals surface area contributed by atoms with Crippen LogP contribution in [-0.2, 0) is 16.6 Å². The normalized spacial score (nSPS) is 19.5. The van der Waals surface area contributed by atoms with Gasteiger partial charge in [-0.3, -0.25) is 4.31 Å². The van der Waals surface area contributed by atoms with Crippen LogP contribution in [0.3, 0.4) is 0 Å². The summed E-state index contributed by atoms with van der Waals surface area (Å²) in [4.78, 5) is 0. The van der Waals surface area contributed by atoms with Gasteiger partial charge >= 0.3 is 16.8 Å². The van der Waals surface area contributed by atoms with Gasteiger partial charge < -0.3 is 4.74 Å². The summed E-state index contributed by atoms with van der Waals surface area (Å²) in [5.74, 6) is 0.0640. The molecule has 2 aliphatic heterocycles. The first-order valence-electron chi connectivity index (χ1n) is 7.34. The highest BCUT2D eigenvalue weighted by atomic mass is 32.2. The van der Waals surface area contributed by atoms with E-state index in [1.807, 2.05) is 0 Å². The summed E-state index contributed by atoms with van der Waals surface area (Å²) in [7, 11) is -3.53. The molecule has 1 saturated heterocycles. The van der Waals surface area contributed by atoms with Gasteiger partial charge in [0.25, 0.3) is 0 Å². The van der Waals surface area contributed by atoms with Crippen molar-refractivity contribution in [3.05, 3.63) is 23.8 Å². The van der Waals surface area contributed by atoms with Crippen LogP contribution in [0.25, 0.3) is 0 Å². The molecule has 2 heterocycles. The van der Waals surface area contributed by atoms with Gasteiger partial charge in [0.15, 0.2) is 0 Å². The van der Waals surface area contributed by atoms with Crippen molar-refractivity contribution in [1.82, 2.24) is 4.31 Å². The first-order chi connectivity index (χ1) is 10.5. The minimum atomic E-state index is -3.53. The molecule has 0 aromatic heterocycles. The van der Waals surface area contributed by atoms with Crippen LogP contribution < -0.4 is 9.04 Å². The summed E-state index contributed by atoms with van der Waals surface area (Å²) >= 11 is 0. The number of benzene rings is 1. The molecule has 0 radical (unpaired) electrons. The fraction of sp³-hybridized carbons (Fsp3) is 0.571. The van der Waals surface area contributed by atoms with Gasteiger partial charge in [0.05, 0.1) is 5.69 Å². The molecule has 0 atom stereocenters. The van der Waals surface area contributed by atoms with Crippen molar-refractivity contribution in [3.8, 4) is 5.75 Å². The van der Waals surface area contributed by atoms with E-state index < -0.39 is 16.8 Å². The van der Waals surface area contributed by atoms with E-state index in [2.05, 4.69) is 4.74 Å². The summed E-state index contributed by atoms with van der Waals surface area (Å²) < 4.78 is 57.3. The Bertz CT molecular complexity index is 645. The molecular weight excluding hydrogens is 314 g/mol. The van der Waals surface area contributed by atoms with Crippen LogP contribution in [0.15, 0.2) is 18.2 Å². The molecule has 0 N–H and O–H groups in total. The lowest BCUT2D eigenvalue weighted by Crippen LogP contribution is -2.44. The Morgan fingerprint density at radius 2 is 1.82 bits per heavy atom. The number of anilines is 1. The van der Waals surface area contributed by atoms with Crippen molar-refractivity contribution < 1.29 is 21.9 Å². The lowest BCUT2D eigenvalue weighted by atomic mass is 10.0. The number of nitrogens with zero attached hydrogens (tertiary/aromatic N) is 2. The number of alkyl halides is 2. The highest BCUT2D eigenvalue weighted by Crippen LogP contribution is 2.34. The van der Waals surface area contributed by atoms with Crippen LogP contribution in [0.2, 0.25) is 0 Å². The molecule has 0 saturated carbocycles. The molecule has 1 fully saturated rings. The number of ether oxygens (including phenoxy) is 1. The van der Waals surface area contributed by atoms with Crippen LogP contribution in [0, 0.1) is 0 Å². The molecule has 122 valence electrons. The van der Waals surface area contributed by atoms with Crippen LogP contribution in [0.1, 0.15) is 24.8 Å². The fourth-order valence-corrected chi connectivity index (χ4v) is 4.80. The van der Waals surface area contributed by atoms with Gasteiger partial charge in [-0.25, -0.2) is 0 Å². The molecule has 0 bridgehead atoms. The Hall–Kier alpha value is -1.41. The molecule has 0 unspecified atom stereocenters. The number of hydrogen-bond acceptors (Lipinski definition) is 3. The van der Waals surface area contributed by atoms with Gasteiger partial charge in [-0.05, 0) is 49.4 Å². The lowest BCUT2D eigenvalue weighted by molar-refractivity contribution is -0.0498. The van der Waals surface area contributed by atoms with Gasteiger partial charge in [0.2, 0.25) is 0 Å². The third kappa shape index (κ3) is 2.89. The van der Waals surface area contributed by atoms with E-state index in [0.717, 1.165) is 18.4 Å². The summed E-state index contributed by atoms with van der Waals surface area (Å²) in [6.45, 7) is -1.38. The average molecular weight is 332 g/mol. The molecule has 5 nitrogen and oxygen atoms in total. The molecular formula is C14H18F2N2O3S. The van der Waals surface area contributed by atoms with Gasteiger partial charge in [-0.1, -0.05) is 0 Å². The standard InChI is InChI=1S/C14H18F2N2O3S/c15-14(16)21-12-5-6-13-11(10-12)4-3-9-18(13)22(19,20)17-7-1-2-8-17/h5-6,10,14H,1-4,7-9H2. The summed E-state index contributed by atoms with van der Waals surface area (Å²) in [6, 6.07) is 4.45. The Morgan fingerprint density at radius 3 is 2.50 bits per heavy atom. The number of hydrogen-bond donors (Lipinski definition) is 0. The molecule has 1 aromatic carbocycles. The van der Waals surface area contributed by atoms with Crippen LogP contribution in [0.4, 0.5) is 14.5 Å². The zero-order chi connectivity index (χ0) is 15.7. The quantitative estimate of drug-likeness (QED) is 0.851. The van der Waals surface area contributed by atoms with E-state index in [-0.39, 0.29) is 5.75 Å². The third-order valence-electron chi connectivity index (χ3n) is 4.02. The Kier molecular flexibility index (Phi) is 4.22. The monoisotopic (exact) mass is 332 g/mol. The maximum atomic E-state index is 12.7. The highest BCUT2D eigenvalue weighted by Gasteiger charge is 2.34. The van der Waals surface area contributed by atoms with Crippen molar-refractivity contribution in [3.63, 3.8) is 0 Å². The van der Waals surface area contributed by atoms with Crippen molar-refractivity contribution >= 4 is 15.9 Å². The maximum Gasteiger partial charge on any atom is 0.387 e. The van der Waals surface area contributed by atoms with Gasteiger partial charge in [-0.2, -0.15) is 21.5 Å². The summed E-state index contributed by atoms with van der Waals surface area (Å²) in [5, 5.41) is 0. The van der Waals surface area contributed by atoms with Crippen LogP contribution in [0.5, 0.6) is 5.75 Å². The predicted molar refractivity (Wildman–Crippen MR) is 78.5 cm³/mol. The second-order valence-corrected chi connectivity index (χ2v) is 7.31. The lowest BCUT2D eigenvalue weighted by Gasteiger charge is -2.33. The highest BCUT2D eigenvalue weighted by molar-refractivity contribution is 7.90. The number of rotatable bonds is 4. The first-order valence-corrected chi connectivity index (χ1v) is 8.74. The Morgan fingerprint density at radius 1 is 1.09 bits per heavy atom. The molecule has 2 aliphatic rings. The van der Waals surface area contributed by atoms with Crippen molar-refractivity contribution in [2.45, 2.75) is 32.3 Å². The van der Waals surface area contributed by atoms with E-state index in [0.29, 0.717) is 38.2 Å². The van der Waals surface area contributed by atoms with E-state index in [9.17, 15) is 17.2 Å². The molecule has 0 spiro atoms. The SMILES string of the molecule is O=S(=O)(N1CCCC1)N1CCCc2cc(OC(F)F)ccc21. The second-order valence-electron chi connectivity index (χ2n) is 5.46. The van der Waals surface area contributed by atoms with E-state index >= 15 is 0 Å². The summed E-state index contributed by atoms with van der Waals surface area (Å²) in [6.07, 6.45) is 3.07. The zero-order valence-electron chi connectivity index (χ0n) is 12.0. The average Bonchev–Trinajstić information content (AvgIpc) is 3.00. The van der Waals surface area contributed by atoms with Crippen LogP contribution >= 0.6 is 0 Å². The number of fused-ring (bicyclic) bond motifs is 1. The van der Waals surface area contributed by atoms with Crippen molar-refractivity contribution in [2.24, 2.45) is 0 Å². The predicted octanol–water partition coefficient (Wildman–Crippen LogP) is 2.38. The topological polar surface area (TPSA) is 49.9 Å². The molecule has 0 aliphatic carbocycles. The second kappa shape index (κ2) is 6.00. The fourth-order valence-electron chi connectivity index (χ4n) is 3.01. The van der Waals surface area contributed by atoms with Crippen molar-refractivity contribution in [1.29, 1.82) is 0 Å². The van der Waals surface area contributed by atoms with E-state index in [4.69, 9.17) is 0 Å².